The van der Waals surface area contributed by atoms with Crippen LogP contribution in [0.15, 0.2) is 0 Å². The van der Waals surface area contributed by atoms with Crippen LogP contribution in [0.1, 0.15) is 60.8 Å². The lowest BCUT2D eigenvalue weighted by Gasteiger charge is -2.42. The summed E-state index contributed by atoms with van der Waals surface area (Å²) in [6.45, 7) is 14.2. The van der Waals surface area contributed by atoms with Gasteiger partial charge >= 0.3 is 0 Å². The first kappa shape index (κ1) is 12.0. The summed E-state index contributed by atoms with van der Waals surface area (Å²) in [5.41, 5.74) is 1.23. The summed E-state index contributed by atoms with van der Waals surface area (Å²) in [5, 5.41) is 0. The molecule has 1 atom stereocenters. The van der Waals surface area contributed by atoms with Gasteiger partial charge in [-0.25, -0.2) is 0 Å². The van der Waals surface area contributed by atoms with E-state index in [1.54, 1.807) is 0 Å². The summed E-state index contributed by atoms with van der Waals surface area (Å²) >= 11 is 0. The zero-order valence-electron chi connectivity index (χ0n) is 11.1. The molecule has 1 saturated heterocycles. The predicted octanol–water partition coefficient (Wildman–Crippen LogP) is 3.69. The molecule has 1 unspecified atom stereocenters. The fraction of sp³-hybridized carbons (Fsp3) is 1.00. The number of hydrogen-bond acceptors (Lipinski definition) is 1. The molecule has 0 amide bonds. The molecule has 0 radical (unpaired) electrons. The van der Waals surface area contributed by atoms with Crippen LogP contribution in [0.2, 0.25) is 0 Å². The first-order valence-electron chi connectivity index (χ1n) is 5.81. The lowest BCUT2D eigenvalue weighted by molar-refractivity contribution is 0.0666. The van der Waals surface area contributed by atoms with Crippen LogP contribution in [0, 0.1) is 5.41 Å². The van der Waals surface area contributed by atoms with E-state index in [2.05, 4.69) is 53.5 Å². The van der Waals surface area contributed by atoms with Crippen molar-refractivity contribution >= 4 is 0 Å². The van der Waals surface area contributed by atoms with Crippen LogP contribution >= 0.6 is 0 Å². The maximum atomic E-state index is 2.59. The lowest BCUT2D eigenvalue weighted by atomic mass is 9.79. The molecule has 1 aliphatic heterocycles. The molecule has 1 nitrogen and oxygen atoms in total. The third-order valence-corrected chi connectivity index (χ3v) is 3.90. The summed E-state index contributed by atoms with van der Waals surface area (Å²) < 4.78 is 0. The van der Waals surface area contributed by atoms with Crippen molar-refractivity contribution in [1.29, 1.82) is 0 Å². The molecule has 14 heavy (non-hydrogen) atoms. The zero-order chi connectivity index (χ0) is 11.2. The average Bonchev–Trinajstić information content (AvgIpc) is 2.12. The van der Waals surface area contributed by atoms with Crippen LogP contribution in [0.5, 0.6) is 0 Å². The van der Waals surface area contributed by atoms with Gasteiger partial charge in [-0.3, -0.25) is 4.90 Å². The van der Waals surface area contributed by atoms with Gasteiger partial charge in [0.05, 0.1) is 0 Å². The van der Waals surface area contributed by atoms with Gasteiger partial charge in [0.2, 0.25) is 0 Å². The minimum absolute atomic E-state index is 0.389. The highest BCUT2D eigenvalue weighted by atomic mass is 15.3. The van der Waals surface area contributed by atoms with Gasteiger partial charge in [-0.2, -0.15) is 0 Å². The van der Waals surface area contributed by atoms with Crippen LogP contribution < -0.4 is 0 Å². The molecule has 1 aliphatic rings. The summed E-state index contributed by atoms with van der Waals surface area (Å²) in [6.07, 6.45) is 3.96. The highest BCUT2D eigenvalue weighted by molar-refractivity contribution is 5.02. The van der Waals surface area contributed by atoms with E-state index >= 15 is 0 Å². The highest BCUT2D eigenvalue weighted by Crippen LogP contribution is 2.44. The molecule has 84 valence electrons. The molecular weight excluding hydrogens is 170 g/mol. The van der Waals surface area contributed by atoms with Crippen molar-refractivity contribution in [2.75, 3.05) is 7.05 Å². The fourth-order valence-corrected chi connectivity index (χ4v) is 2.99. The standard InChI is InChI=1S/C13H27N/c1-11(2,3)10-13(6)9-8-12(4,5)14(13)7/h8-10H2,1-7H3. The number of nitrogens with zero attached hydrogens (tertiary/aromatic N) is 1. The monoisotopic (exact) mass is 197 g/mol. The van der Waals surface area contributed by atoms with Crippen molar-refractivity contribution < 1.29 is 0 Å². The maximum absolute atomic E-state index is 2.59. The van der Waals surface area contributed by atoms with Crippen LogP contribution in [0.3, 0.4) is 0 Å². The topological polar surface area (TPSA) is 3.24 Å². The van der Waals surface area contributed by atoms with E-state index in [4.69, 9.17) is 0 Å². The Kier molecular flexibility index (Phi) is 2.78. The van der Waals surface area contributed by atoms with Gasteiger partial charge in [-0.15, -0.1) is 0 Å². The first-order valence-corrected chi connectivity index (χ1v) is 5.81. The molecule has 0 bridgehead atoms. The van der Waals surface area contributed by atoms with Crippen molar-refractivity contribution in [2.24, 2.45) is 5.41 Å². The Morgan fingerprint density at radius 1 is 1.07 bits per heavy atom. The third-order valence-electron chi connectivity index (χ3n) is 3.90. The third kappa shape index (κ3) is 2.31. The molecule has 0 aromatic carbocycles. The van der Waals surface area contributed by atoms with Crippen molar-refractivity contribution in [1.82, 2.24) is 4.90 Å². The van der Waals surface area contributed by atoms with Gasteiger partial charge in [0.25, 0.3) is 0 Å². The van der Waals surface area contributed by atoms with Crippen LogP contribution in [0.4, 0.5) is 0 Å². The van der Waals surface area contributed by atoms with E-state index in [1.807, 2.05) is 0 Å². The SMILES string of the molecule is CN1C(C)(C)CCC1(C)CC(C)(C)C. The summed E-state index contributed by atoms with van der Waals surface area (Å²) in [7, 11) is 2.29. The van der Waals surface area contributed by atoms with E-state index in [0.717, 1.165) is 0 Å². The lowest BCUT2D eigenvalue weighted by Crippen LogP contribution is -2.48. The molecule has 0 aliphatic carbocycles. The van der Waals surface area contributed by atoms with E-state index in [1.165, 1.54) is 19.3 Å². The second kappa shape index (κ2) is 3.23. The predicted molar refractivity (Wildman–Crippen MR) is 63.6 cm³/mol. The van der Waals surface area contributed by atoms with Crippen molar-refractivity contribution in [3.05, 3.63) is 0 Å². The molecule has 0 spiro atoms. The number of likely N-dealkylation sites (tertiary alicyclic amines) is 1. The molecule has 1 heterocycles. The van der Waals surface area contributed by atoms with E-state index in [-0.39, 0.29) is 0 Å². The second-order valence-corrected chi connectivity index (χ2v) is 7.11. The minimum atomic E-state index is 0.389. The average molecular weight is 197 g/mol. The molecule has 0 saturated carbocycles. The number of hydrogen-bond donors (Lipinski definition) is 0. The Morgan fingerprint density at radius 2 is 1.57 bits per heavy atom. The summed E-state index contributed by atoms with van der Waals surface area (Å²) in [5.74, 6) is 0. The Balaban J connectivity index is 2.78. The normalized spacial score (nSPS) is 33.6. The Labute approximate surface area is 89.9 Å². The van der Waals surface area contributed by atoms with Gasteiger partial charge in [0.1, 0.15) is 0 Å². The van der Waals surface area contributed by atoms with E-state index < -0.39 is 0 Å². The molecule has 1 heteroatoms. The smallest absolute Gasteiger partial charge is 0.0189 e. The first-order chi connectivity index (χ1) is 6.07. The number of rotatable bonds is 1. The van der Waals surface area contributed by atoms with E-state index in [0.29, 0.717) is 16.5 Å². The van der Waals surface area contributed by atoms with E-state index in [9.17, 15) is 0 Å². The Bertz CT molecular complexity index is 212. The van der Waals surface area contributed by atoms with Gasteiger partial charge in [0.15, 0.2) is 0 Å². The Morgan fingerprint density at radius 3 is 1.86 bits per heavy atom. The molecule has 1 fully saturated rings. The molecule has 0 N–H and O–H groups in total. The molecule has 0 aromatic rings. The van der Waals surface area contributed by atoms with Gasteiger partial charge in [0, 0.05) is 11.1 Å². The molecule has 1 rings (SSSR count). The quantitative estimate of drug-likeness (QED) is 0.620. The summed E-state index contributed by atoms with van der Waals surface area (Å²) in [6, 6.07) is 0. The molecular formula is C13H27N. The highest BCUT2D eigenvalue weighted by Gasteiger charge is 2.46. The van der Waals surface area contributed by atoms with Crippen LogP contribution in [-0.4, -0.2) is 23.0 Å². The van der Waals surface area contributed by atoms with Crippen molar-refractivity contribution in [3.63, 3.8) is 0 Å². The molecule has 0 aromatic heterocycles. The maximum Gasteiger partial charge on any atom is 0.0189 e. The van der Waals surface area contributed by atoms with Crippen LogP contribution in [0.25, 0.3) is 0 Å². The van der Waals surface area contributed by atoms with Crippen molar-refractivity contribution in [3.8, 4) is 0 Å². The van der Waals surface area contributed by atoms with Crippen LogP contribution in [-0.2, 0) is 0 Å². The summed E-state index contributed by atoms with van der Waals surface area (Å²) in [4.78, 5) is 2.59. The van der Waals surface area contributed by atoms with Gasteiger partial charge < -0.3 is 0 Å². The van der Waals surface area contributed by atoms with Crippen molar-refractivity contribution in [2.45, 2.75) is 71.9 Å². The largest absolute Gasteiger partial charge is 0.296 e. The second-order valence-electron chi connectivity index (χ2n) is 7.11. The van der Waals surface area contributed by atoms with Gasteiger partial charge in [-0.05, 0) is 52.5 Å². The fourth-order valence-electron chi connectivity index (χ4n) is 2.99. The Hall–Kier alpha value is -0.0400. The zero-order valence-corrected chi connectivity index (χ0v) is 11.1. The van der Waals surface area contributed by atoms with Gasteiger partial charge in [-0.1, -0.05) is 20.8 Å². The minimum Gasteiger partial charge on any atom is -0.296 e.